The van der Waals surface area contributed by atoms with Crippen molar-refractivity contribution in [2.45, 2.75) is 42.8 Å². The van der Waals surface area contributed by atoms with E-state index in [0.717, 1.165) is 4.34 Å². The molecule has 78 valence electrons. The summed E-state index contributed by atoms with van der Waals surface area (Å²) in [5, 5.41) is 0. The van der Waals surface area contributed by atoms with Gasteiger partial charge in [-0.05, 0) is 25.0 Å². The van der Waals surface area contributed by atoms with E-state index in [4.69, 9.17) is 11.6 Å². The van der Waals surface area contributed by atoms with Gasteiger partial charge in [-0.2, -0.15) is 0 Å². The molecular weight excluding hydrogens is 280 g/mol. The first kappa shape index (κ1) is 11.0. The molecule has 0 radical (unpaired) electrons. The zero-order valence-corrected chi connectivity index (χ0v) is 11.2. The summed E-state index contributed by atoms with van der Waals surface area (Å²) in [6.45, 7) is 0. The van der Waals surface area contributed by atoms with Gasteiger partial charge in [0.05, 0.1) is 4.34 Å². The first-order valence-corrected chi connectivity index (χ1v) is 7.27. The summed E-state index contributed by atoms with van der Waals surface area (Å²) in [7, 11) is 0. The molecule has 1 fully saturated rings. The van der Waals surface area contributed by atoms with Crippen LogP contribution in [0.5, 0.6) is 0 Å². The van der Waals surface area contributed by atoms with Crippen LogP contribution in [0.25, 0.3) is 0 Å². The van der Waals surface area contributed by atoms with Gasteiger partial charge < -0.3 is 0 Å². The lowest BCUT2D eigenvalue weighted by Crippen LogP contribution is -2.08. The van der Waals surface area contributed by atoms with Gasteiger partial charge >= 0.3 is 0 Å². The number of hydrogen-bond donors (Lipinski definition) is 0. The van der Waals surface area contributed by atoms with Gasteiger partial charge in [0.25, 0.3) is 0 Å². The Balaban J connectivity index is 2.14. The summed E-state index contributed by atoms with van der Waals surface area (Å²) < 4.78 is 0.920. The third-order valence-corrected chi connectivity index (χ3v) is 5.35. The summed E-state index contributed by atoms with van der Waals surface area (Å²) in [5.74, 6) is 0.690. The zero-order chi connectivity index (χ0) is 9.97. The molecule has 1 aromatic rings. The second-order valence-electron chi connectivity index (χ2n) is 3.90. The van der Waals surface area contributed by atoms with E-state index in [-0.39, 0.29) is 0 Å². The number of hydrogen-bond acceptors (Lipinski definition) is 1. The van der Waals surface area contributed by atoms with Crippen molar-refractivity contribution in [3.05, 3.63) is 21.3 Å². The SMILES string of the molecule is Clc1ccc(C2CCCCCC2Br)s1. The normalized spacial score (nSPS) is 28.7. The van der Waals surface area contributed by atoms with Crippen molar-refractivity contribution in [2.24, 2.45) is 0 Å². The molecule has 2 atom stereocenters. The molecule has 0 aliphatic heterocycles. The van der Waals surface area contributed by atoms with Crippen molar-refractivity contribution in [1.29, 1.82) is 0 Å². The Morgan fingerprint density at radius 2 is 2.00 bits per heavy atom. The maximum atomic E-state index is 5.97. The Kier molecular flexibility index (Phi) is 3.92. The number of rotatable bonds is 1. The monoisotopic (exact) mass is 292 g/mol. The van der Waals surface area contributed by atoms with Crippen LogP contribution < -0.4 is 0 Å². The largest absolute Gasteiger partial charge is 0.128 e. The van der Waals surface area contributed by atoms with Crippen LogP contribution in [-0.4, -0.2) is 4.83 Å². The summed E-state index contributed by atoms with van der Waals surface area (Å²) in [5.41, 5.74) is 0. The van der Waals surface area contributed by atoms with E-state index < -0.39 is 0 Å². The third kappa shape index (κ3) is 2.53. The van der Waals surface area contributed by atoms with Gasteiger partial charge in [-0.1, -0.05) is 46.8 Å². The van der Waals surface area contributed by atoms with E-state index >= 15 is 0 Å². The van der Waals surface area contributed by atoms with Crippen LogP contribution in [0.15, 0.2) is 12.1 Å². The molecule has 2 unspecified atom stereocenters. The molecule has 14 heavy (non-hydrogen) atoms. The molecule has 1 aliphatic rings. The predicted molar refractivity (Wildman–Crippen MR) is 67.9 cm³/mol. The fourth-order valence-corrected chi connectivity index (χ4v) is 4.42. The van der Waals surface area contributed by atoms with E-state index in [9.17, 15) is 0 Å². The van der Waals surface area contributed by atoms with Crippen LogP contribution in [0.1, 0.15) is 42.9 Å². The van der Waals surface area contributed by atoms with E-state index in [2.05, 4.69) is 22.0 Å². The highest BCUT2D eigenvalue weighted by molar-refractivity contribution is 9.09. The molecule has 1 aromatic heterocycles. The highest BCUT2D eigenvalue weighted by atomic mass is 79.9. The molecule has 0 aromatic carbocycles. The molecule has 1 saturated carbocycles. The van der Waals surface area contributed by atoms with Crippen LogP contribution in [0.2, 0.25) is 4.34 Å². The van der Waals surface area contributed by atoms with E-state index in [1.165, 1.54) is 37.0 Å². The molecule has 0 N–H and O–H groups in total. The molecule has 0 saturated heterocycles. The van der Waals surface area contributed by atoms with Crippen LogP contribution in [-0.2, 0) is 0 Å². The molecular formula is C11H14BrClS. The average molecular weight is 294 g/mol. The lowest BCUT2D eigenvalue weighted by atomic mass is 9.99. The van der Waals surface area contributed by atoms with Crippen LogP contribution in [0, 0.1) is 0 Å². The highest BCUT2D eigenvalue weighted by Gasteiger charge is 2.23. The van der Waals surface area contributed by atoms with Crippen LogP contribution >= 0.6 is 38.9 Å². The van der Waals surface area contributed by atoms with Gasteiger partial charge in [0.2, 0.25) is 0 Å². The lowest BCUT2D eigenvalue weighted by Gasteiger charge is -2.17. The third-order valence-electron chi connectivity index (χ3n) is 2.89. The number of alkyl halides is 1. The summed E-state index contributed by atoms with van der Waals surface area (Å²) >= 11 is 11.5. The summed E-state index contributed by atoms with van der Waals surface area (Å²) in [6, 6.07) is 4.21. The van der Waals surface area contributed by atoms with E-state index in [0.29, 0.717) is 10.7 Å². The highest BCUT2D eigenvalue weighted by Crippen LogP contribution is 2.40. The van der Waals surface area contributed by atoms with Gasteiger partial charge in [0.15, 0.2) is 0 Å². The minimum atomic E-state index is 0.653. The average Bonchev–Trinajstić information content (AvgIpc) is 2.46. The van der Waals surface area contributed by atoms with Crippen molar-refractivity contribution >= 4 is 38.9 Å². The molecule has 0 amide bonds. The molecule has 3 heteroatoms. The minimum absolute atomic E-state index is 0.653. The maximum absolute atomic E-state index is 5.97. The van der Waals surface area contributed by atoms with Crippen molar-refractivity contribution in [3.63, 3.8) is 0 Å². The smallest absolute Gasteiger partial charge is 0.0931 e. The minimum Gasteiger partial charge on any atom is -0.128 e. The van der Waals surface area contributed by atoms with Crippen molar-refractivity contribution < 1.29 is 0 Å². The second kappa shape index (κ2) is 5.00. The molecule has 1 aliphatic carbocycles. The first-order valence-electron chi connectivity index (χ1n) is 5.16. The quantitative estimate of drug-likeness (QED) is 0.492. The first-order chi connectivity index (χ1) is 6.77. The van der Waals surface area contributed by atoms with E-state index in [1.807, 2.05) is 6.07 Å². The van der Waals surface area contributed by atoms with Crippen LogP contribution in [0.4, 0.5) is 0 Å². The lowest BCUT2D eigenvalue weighted by molar-refractivity contribution is 0.622. The van der Waals surface area contributed by atoms with Gasteiger partial charge in [-0.25, -0.2) is 0 Å². The fourth-order valence-electron chi connectivity index (χ4n) is 2.11. The summed E-state index contributed by atoms with van der Waals surface area (Å²) in [4.78, 5) is 2.11. The van der Waals surface area contributed by atoms with Crippen molar-refractivity contribution in [3.8, 4) is 0 Å². The van der Waals surface area contributed by atoms with Gasteiger partial charge in [-0.3, -0.25) is 0 Å². The molecule has 1 heterocycles. The zero-order valence-electron chi connectivity index (χ0n) is 8.01. The number of halogens is 2. The standard InChI is InChI=1S/C11H14BrClS/c12-9-5-3-1-2-4-8(9)10-6-7-11(13)14-10/h6-9H,1-5H2. The summed E-state index contributed by atoms with van der Waals surface area (Å²) in [6.07, 6.45) is 6.73. The van der Waals surface area contributed by atoms with Crippen LogP contribution in [0.3, 0.4) is 0 Å². The van der Waals surface area contributed by atoms with Crippen molar-refractivity contribution in [1.82, 2.24) is 0 Å². The second-order valence-corrected chi connectivity index (χ2v) is 6.83. The topological polar surface area (TPSA) is 0 Å². The predicted octanol–water partition coefficient (Wildman–Crippen LogP) is 5.21. The van der Waals surface area contributed by atoms with Gasteiger partial charge in [0.1, 0.15) is 0 Å². The molecule has 0 spiro atoms. The number of thiophene rings is 1. The van der Waals surface area contributed by atoms with Gasteiger partial charge in [-0.15, -0.1) is 11.3 Å². The Morgan fingerprint density at radius 1 is 1.21 bits per heavy atom. The fraction of sp³-hybridized carbons (Fsp3) is 0.636. The molecule has 0 nitrogen and oxygen atoms in total. The molecule has 0 bridgehead atoms. The Bertz CT molecular complexity index is 297. The van der Waals surface area contributed by atoms with Gasteiger partial charge in [0, 0.05) is 15.6 Å². The van der Waals surface area contributed by atoms with E-state index in [1.54, 1.807) is 11.3 Å². The Hall–Kier alpha value is 0.470. The Labute approximate surface area is 103 Å². The van der Waals surface area contributed by atoms with Crippen molar-refractivity contribution in [2.75, 3.05) is 0 Å². The maximum Gasteiger partial charge on any atom is 0.0931 e. The Morgan fingerprint density at radius 3 is 2.71 bits per heavy atom. The molecule has 2 rings (SSSR count).